The molecule has 0 bridgehead atoms. The topological polar surface area (TPSA) is 77.1 Å². The first-order chi connectivity index (χ1) is 29.2. The number of ether oxygens (including phenoxy) is 2. The Balaban J connectivity index is 3.95. The minimum Gasteiger partial charge on any atom is -0.756 e. The van der Waals surface area contributed by atoms with Crippen LogP contribution in [0.4, 0.5) is 0 Å². The third kappa shape index (κ3) is 50.6. The fourth-order valence-corrected chi connectivity index (χ4v) is 8.79. The molecule has 0 spiro atoms. The molecule has 0 aliphatic rings. The maximum Gasteiger partial charge on any atom is 0.268 e. The largest absolute Gasteiger partial charge is 0.756 e. The van der Waals surface area contributed by atoms with Crippen LogP contribution in [0.3, 0.4) is 0 Å². The van der Waals surface area contributed by atoms with Crippen molar-refractivity contribution >= 4 is 7.82 Å². The molecule has 0 aliphatic carbocycles. The summed E-state index contributed by atoms with van der Waals surface area (Å²) in [4.78, 5) is 12.4. The van der Waals surface area contributed by atoms with Gasteiger partial charge < -0.3 is 27.9 Å². The normalized spacial score (nSPS) is 13.6. The molecule has 8 heteroatoms. The highest BCUT2D eigenvalue weighted by atomic mass is 31.2. The molecule has 1 unspecified atom stereocenters. The molecule has 0 aromatic heterocycles. The van der Waals surface area contributed by atoms with Gasteiger partial charge in [-0.1, -0.05) is 258 Å². The second-order valence-electron chi connectivity index (χ2n) is 19.6. The lowest BCUT2D eigenvalue weighted by Crippen LogP contribution is -2.37. The van der Waals surface area contributed by atoms with Gasteiger partial charge in [-0.3, -0.25) is 4.57 Å². The molecule has 0 saturated carbocycles. The summed E-state index contributed by atoms with van der Waals surface area (Å²) in [5, 5.41) is 0. The second-order valence-corrected chi connectivity index (χ2v) is 21.0. The Morgan fingerprint density at radius 3 is 0.967 bits per heavy atom. The monoisotopic (exact) mass is 874 g/mol. The summed E-state index contributed by atoms with van der Waals surface area (Å²) in [6.07, 6.45) is 54.2. The van der Waals surface area contributed by atoms with E-state index in [1.807, 2.05) is 21.1 Å². The summed E-state index contributed by atoms with van der Waals surface area (Å²) in [6, 6.07) is 0. The van der Waals surface area contributed by atoms with Gasteiger partial charge >= 0.3 is 0 Å². The van der Waals surface area contributed by atoms with Crippen LogP contribution in [-0.4, -0.2) is 71.3 Å². The maximum absolute atomic E-state index is 12.4. The number of phosphoric ester groups is 1. The first-order valence-electron chi connectivity index (χ1n) is 26.8. The van der Waals surface area contributed by atoms with Gasteiger partial charge in [-0.15, -0.1) is 0 Å². The van der Waals surface area contributed by atoms with E-state index in [1.54, 1.807) is 0 Å². The number of quaternary nitrogens is 1. The smallest absolute Gasteiger partial charge is 0.268 e. The van der Waals surface area contributed by atoms with Gasteiger partial charge in [0.25, 0.3) is 7.82 Å². The summed E-state index contributed by atoms with van der Waals surface area (Å²) in [7, 11) is 1.62. The van der Waals surface area contributed by atoms with E-state index in [4.69, 9.17) is 18.5 Å². The van der Waals surface area contributed by atoms with Crippen molar-refractivity contribution in [1.82, 2.24) is 0 Å². The van der Waals surface area contributed by atoms with Gasteiger partial charge in [0.2, 0.25) is 0 Å². The van der Waals surface area contributed by atoms with Crippen molar-refractivity contribution in [2.75, 3.05) is 60.7 Å². The molecule has 0 N–H and O–H groups in total. The molecule has 0 heterocycles. The minimum absolute atomic E-state index is 0.0659. The summed E-state index contributed by atoms with van der Waals surface area (Å²) in [5.74, 6) is 0. The zero-order valence-corrected chi connectivity index (χ0v) is 42.3. The molecule has 362 valence electrons. The molecule has 7 nitrogen and oxygen atoms in total. The van der Waals surface area contributed by atoms with Gasteiger partial charge in [-0.2, -0.15) is 0 Å². The van der Waals surface area contributed by atoms with Gasteiger partial charge in [0.05, 0.1) is 34.4 Å². The van der Waals surface area contributed by atoms with Crippen molar-refractivity contribution in [3.63, 3.8) is 0 Å². The van der Waals surface area contributed by atoms with E-state index in [0.29, 0.717) is 30.8 Å². The highest BCUT2D eigenvalue weighted by Gasteiger charge is 2.18. The molecule has 0 rings (SSSR count). The molecule has 2 atom stereocenters. The third-order valence-corrected chi connectivity index (χ3v) is 13.2. The van der Waals surface area contributed by atoms with Crippen LogP contribution in [0.25, 0.3) is 0 Å². The van der Waals surface area contributed by atoms with Crippen molar-refractivity contribution < 1.29 is 32.5 Å². The summed E-state index contributed by atoms with van der Waals surface area (Å²) < 4.78 is 35.5. The Morgan fingerprint density at radius 2 is 0.667 bits per heavy atom. The fraction of sp³-hybridized carbons (Fsp3) is 1.00. The van der Waals surface area contributed by atoms with Crippen LogP contribution in [-0.2, 0) is 23.1 Å². The van der Waals surface area contributed by atoms with E-state index in [0.717, 1.165) is 19.3 Å². The van der Waals surface area contributed by atoms with Crippen molar-refractivity contribution in [2.45, 2.75) is 277 Å². The lowest BCUT2D eigenvalue weighted by molar-refractivity contribution is -0.870. The third-order valence-electron chi connectivity index (χ3n) is 12.2. The Hall–Kier alpha value is -0.0100. The van der Waals surface area contributed by atoms with E-state index in [9.17, 15) is 9.46 Å². The number of hydrogen-bond acceptors (Lipinski definition) is 6. The predicted octanol–water partition coefficient (Wildman–Crippen LogP) is 16.2. The van der Waals surface area contributed by atoms with Crippen LogP contribution in [0.1, 0.15) is 271 Å². The lowest BCUT2D eigenvalue weighted by atomic mass is 10.0. The van der Waals surface area contributed by atoms with Crippen LogP contribution in [0.5, 0.6) is 0 Å². The van der Waals surface area contributed by atoms with Crippen LogP contribution < -0.4 is 4.89 Å². The Kier molecular flexibility index (Phi) is 47.0. The molecule has 0 amide bonds. The predicted molar refractivity (Wildman–Crippen MR) is 259 cm³/mol. The van der Waals surface area contributed by atoms with Crippen LogP contribution in [0.2, 0.25) is 0 Å². The van der Waals surface area contributed by atoms with Crippen LogP contribution in [0.15, 0.2) is 0 Å². The quantitative estimate of drug-likeness (QED) is 0.0344. The Labute approximate surface area is 376 Å². The molecule has 0 aromatic carbocycles. The second kappa shape index (κ2) is 47.0. The van der Waals surface area contributed by atoms with Crippen molar-refractivity contribution in [2.24, 2.45) is 0 Å². The molecule has 0 fully saturated rings. The highest BCUT2D eigenvalue weighted by molar-refractivity contribution is 7.45. The maximum atomic E-state index is 12.4. The molecule has 0 saturated heterocycles. The van der Waals surface area contributed by atoms with Gasteiger partial charge in [0.15, 0.2) is 0 Å². The van der Waals surface area contributed by atoms with Gasteiger partial charge in [0.1, 0.15) is 19.3 Å². The number of phosphoric acid groups is 1. The molecular weight excluding hydrogens is 766 g/mol. The molecule has 60 heavy (non-hydrogen) atoms. The van der Waals surface area contributed by atoms with Gasteiger partial charge in [0, 0.05) is 13.2 Å². The average molecular weight is 874 g/mol. The van der Waals surface area contributed by atoms with E-state index in [1.165, 1.54) is 238 Å². The molecule has 0 radical (unpaired) electrons. The Morgan fingerprint density at radius 1 is 0.383 bits per heavy atom. The van der Waals surface area contributed by atoms with Crippen LogP contribution in [0, 0.1) is 0 Å². The van der Waals surface area contributed by atoms with Gasteiger partial charge in [-0.25, -0.2) is 0 Å². The zero-order valence-electron chi connectivity index (χ0n) is 41.4. The lowest BCUT2D eigenvalue weighted by Gasteiger charge is -2.28. The van der Waals surface area contributed by atoms with Crippen molar-refractivity contribution in [1.29, 1.82) is 0 Å². The van der Waals surface area contributed by atoms with Crippen molar-refractivity contribution in [3.05, 3.63) is 0 Å². The first-order valence-corrected chi connectivity index (χ1v) is 28.3. The number of hydrogen-bond donors (Lipinski definition) is 0. The average Bonchev–Trinajstić information content (AvgIpc) is 3.21. The number of nitrogens with zero attached hydrogens (tertiary/aromatic N) is 1. The number of unbranched alkanes of at least 4 members (excludes halogenated alkanes) is 38. The number of rotatable bonds is 52. The van der Waals surface area contributed by atoms with Crippen molar-refractivity contribution in [3.8, 4) is 0 Å². The van der Waals surface area contributed by atoms with E-state index < -0.39 is 13.9 Å². The molecular formula is C52H108NO6P. The fourth-order valence-electron chi connectivity index (χ4n) is 8.06. The van der Waals surface area contributed by atoms with Gasteiger partial charge in [-0.05, 0) is 12.8 Å². The number of likely N-dealkylation sites (N-methyl/N-ethyl adjacent to an activating group) is 1. The summed E-state index contributed by atoms with van der Waals surface area (Å²) in [5.41, 5.74) is 0. The summed E-state index contributed by atoms with van der Waals surface area (Å²) in [6.45, 7) is 6.82. The minimum atomic E-state index is -4.39. The van der Waals surface area contributed by atoms with E-state index >= 15 is 0 Å². The van der Waals surface area contributed by atoms with E-state index in [-0.39, 0.29) is 13.2 Å². The molecule has 0 aliphatic heterocycles. The van der Waals surface area contributed by atoms with E-state index in [2.05, 4.69) is 13.8 Å². The molecule has 0 aromatic rings. The highest BCUT2D eigenvalue weighted by Crippen LogP contribution is 2.38. The Bertz CT molecular complexity index is 870. The standard InChI is InChI=1S/C52H108NO6P/c1-6-8-10-12-14-16-18-20-22-24-26-28-30-32-34-36-38-40-42-44-47-56-50-52(51-59-60(54,55)58-49-46-53(3,4)5)57-48-45-43-41-39-37-35-33-31-29-27-25-23-21-19-17-15-13-11-9-7-2/h52H,6-51H2,1-5H3/t52-/m1/s1. The first kappa shape index (κ1) is 60.0. The zero-order chi connectivity index (χ0) is 43.9. The summed E-state index contributed by atoms with van der Waals surface area (Å²) >= 11 is 0. The van der Waals surface area contributed by atoms with Crippen LogP contribution >= 0.6 is 7.82 Å². The SMILES string of the molecule is CCCCCCCCCCCCCCCCCCCCCCOC[C@H](COP(=O)([O-])OCC[N+](C)(C)C)OCCCCCCCCCCCCCCCCCCCCCC.